The van der Waals surface area contributed by atoms with Crippen molar-refractivity contribution in [3.8, 4) is 0 Å². The number of carbonyl (C=O) groups excluding carboxylic acids is 1. The first-order valence-corrected chi connectivity index (χ1v) is 7.64. The fourth-order valence-electron chi connectivity index (χ4n) is 2.06. The second-order valence-electron chi connectivity index (χ2n) is 5.42. The van der Waals surface area contributed by atoms with Crippen LogP contribution in [-0.2, 0) is 19.0 Å². The van der Waals surface area contributed by atoms with Crippen LogP contribution in [0.2, 0.25) is 0 Å². The Bertz CT molecular complexity index is 272. The van der Waals surface area contributed by atoms with E-state index in [1.165, 1.54) is 0 Å². The van der Waals surface area contributed by atoms with Crippen molar-refractivity contribution < 1.29 is 19.0 Å². The number of esters is 1. The lowest BCUT2D eigenvalue weighted by Gasteiger charge is -2.25. The van der Waals surface area contributed by atoms with Crippen molar-refractivity contribution in [3.63, 3.8) is 0 Å². The first-order chi connectivity index (χ1) is 9.97. The van der Waals surface area contributed by atoms with Gasteiger partial charge in [-0.05, 0) is 39.7 Å². The number of hydrogen-bond donors (Lipinski definition) is 1. The third kappa shape index (κ3) is 9.79. The molecule has 0 spiro atoms. The van der Waals surface area contributed by atoms with E-state index in [4.69, 9.17) is 19.9 Å². The van der Waals surface area contributed by atoms with E-state index in [0.29, 0.717) is 19.6 Å². The van der Waals surface area contributed by atoms with Crippen LogP contribution in [0.5, 0.6) is 0 Å². The van der Waals surface area contributed by atoms with Gasteiger partial charge in [-0.2, -0.15) is 0 Å². The van der Waals surface area contributed by atoms with Crippen LogP contribution < -0.4 is 5.73 Å². The van der Waals surface area contributed by atoms with E-state index in [-0.39, 0.29) is 5.97 Å². The van der Waals surface area contributed by atoms with Gasteiger partial charge in [0.25, 0.3) is 0 Å². The summed E-state index contributed by atoms with van der Waals surface area (Å²) in [5, 5.41) is 0. The highest BCUT2D eigenvalue weighted by Crippen LogP contribution is 2.12. The summed E-state index contributed by atoms with van der Waals surface area (Å²) < 4.78 is 15.2. The van der Waals surface area contributed by atoms with Crippen LogP contribution in [0.15, 0.2) is 0 Å². The number of ether oxygens (including phenoxy) is 3. The monoisotopic (exact) mass is 304 g/mol. The molecule has 6 nitrogen and oxygen atoms in total. The summed E-state index contributed by atoms with van der Waals surface area (Å²) >= 11 is 0. The summed E-state index contributed by atoms with van der Waals surface area (Å²) in [5.41, 5.74) is 5.11. The van der Waals surface area contributed by atoms with E-state index in [1.807, 2.05) is 0 Å². The molecule has 0 bridgehead atoms. The fraction of sp³-hybridized carbons (Fsp3) is 0.933. The molecule has 2 N–H and O–H groups in total. The van der Waals surface area contributed by atoms with Gasteiger partial charge < -0.3 is 24.8 Å². The molecule has 0 aromatic heterocycles. The van der Waals surface area contributed by atoms with Gasteiger partial charge in [-0.3, -0.25) is 4.79 Å². The summed E-state index contributed by atoms with van der Waals surface area (Å²) in [6.45, 7) is 8.05. The Balaban J connectivity index is 4.11. The Kier molecular flexibility index (Phi) is 11.5. The quantitative estimate of drug-likeness (QED) is 0.405. The topological polar surface area (TPSA) is 74.0 Å². The molecule has 0 saturated heterocycles. The zero-order valence-electron chi connectivity index (χ0n) is 14.0. The highest BCUT2D eigenvalue weighted by molar-refractivity contribution is 5.79. The number of rotatable bonds is 13. The molecular formula is C15H32N2O4. The first-order valence-electron chi connectivity index (χ1n) is 7.64. The second-order valence-corrected chi connectivity index (χ2v) is 5.42. The average Bonchev–Trinajstić information content (AvgIpc) is 2.44. The van der Waals surface area contributed by atoms with Crippen molar-refractivity contribution in [3.05, 3.63) is 0 Å². The number of nitrogens with zero attached hydrogens (tertiary/aromatic N) is 1. The van der Waals surface area contributed by atoms with Gasteiger partial charge >= 0.3 is 5.97 Å². The lowest BCUT2D eigenvalue weighted by molar-refractivity contribution is -0.149. The number of methoxy groups -OCH3 is 2. The van der Waals surface area contributed by atoms with Gasteiger partial charge in [-0.25, -0.2) is 0 Å². The number of carbonyl (C=O) groups is 1. The molecule has 0 rings (SSSR count). The van der Waals surface area contributed by atoms with Gasteiger partial charge in [-0.15, -0.1) is 0 Å². The van der Waals surface area contributed by atoms with Gasteiger partial charge in [0.05, 0.1) is 13.2 Å². The SMILES string of the molecule is CCOC(=O)C(C)(N)CCCN(CCCOC)CCOC. The number of hydrogen-bond acceptors (Lipinski definition) is 6. The lowest BCUT2D eigenvalue weighted by atomic mass is 9.97. The predicted octanol–water partition coefficient (Wildman–Crippen LogP) is 1.03. The normalized spacial score (nSPS) is 14.2. The Labute approximate surface area is 128 Å². The van der Waals surface area contributed by atoms with E-state index in [9.17, 15) is 4.79 Å². The molecule has 6 heteroatoms. The Morgan fingerprint density at radius 2 is 1.71 bits per heavy atom. The summed E-state index contributed by atoms with van der Waals surface area (Å²) in [6.07, 6.45) is 2.44. The van der Waals surface area contributed by atoms with Crippen molar-refractivity contribution >= 4 is 5.97 Å². The molecule has 0 aliphatic heterocycles. The van der Waals surface area contributed by atoms with Crippen LogP contribution >= 0.6 is 0 Å². The second kappa shape index (κ2) is 11.9. The Hall–Kier alpha value is -0.690. The third-order valence-electron chi connectivity index (χ3n) is 3.35. The molecule has 126 valence electrons. The van der Waals surface area contributed by atoms with Gasteiger partial charge in [0.1, 0.15) is 5.54 Å². The van der Waals surface area contributed by atoms with Crippen LogP contribution in [0.1, 0.15) is 33.1 Å². The van der Waals surface area contributed by atoms with Gasteiger partial charge in [-0.1, -0.05) is 0 Å². The maximum absolute atomic E-state index is 11.7. The van der Waals surface area contributed by atoms with Crippen LogP contribution in [0.4, 0.5) is 0 Å². The maximum Gasteiger partial charge on any atom is 0.325 e. The van der Waals surface area contributed by atoms with E-state index in [0.717, 1.165) is 39.1 Å². The molecule has 0 aliphatic rings. The van der Waals surface area contributed by atoms with Crippen LogP contribution in [0.25, 0.3) is 0 Å². The molecule has 0 aliphatic carbocycles. The summed E-state index contributed by atoms with van der Waals surface area (Å²) in [4.78, 5) is 14.0. The van der Waals surface area contributed by atoms with E-state index < -0.39 is 5.54 Å². The molecule has 0 aromatic rings. The van der Waals surface area contributed by atoms with Crippen molar-refractivity contribution in [2.45, 2.75) is 38.6 Å². The van der Waals surface area contributed by atoms with Crippen molar-refractivity contribution in [2.75, 3.05) is 53.7 Å². The summed E-state index contributed by atoms with van der Waals surface area (Å²) in [5.74, 6) is -0.326. The molecule has 0 fully saturated rings. The maximum atomic E-state index is 11.7. The molecule has 1 atom stereocenters. The highest BCUT2D eigenvalue weighted by Gasteiger charge is 2.29. The smallest absolute Gasteiger partial charge is 0.325 e. The van der Waals surface area contributed by atoms with Gasteiger partial charge in [0.15, 0.2) is 0 Å². The predicted molar refractivity (Wildman–Crippen MR) is 83.3 cm³/mol. The lowest BCUT2D eigenvalue weighted by Crippen LogP contribution is -2.46. The standard InChI is InChI=1S/C15H32N2O4/c1-5-21-14(18)15(2,16)8-6-9-17(11-13-20-4)10-7-12-19-3/h5-13,16H2,1-4H3. The summed E-state index contributed by atoms with van der Waals surface area (Å²) in [6, 6.07) is 0. The zero-order valence-corrected chi connectivity index (χ0v) is 14.0. The van der Waals surface area contributed by atoms with Crippen molar-refractivity contribution in [1.82, 2.24) is 4.90 Å². The fourth-order valence-corrected chi connectivity index (χ4v) is 2.06. The minimum absolute atomic E-state index is 0.326. The molecule has 0 heterocycles. The van der Waals surface area contributed by atoms with Crippen molar-refractivity contribution in [2.24, 2.45) is 5.73 Å². The average molecular weight is 304 g/mol. The van der Waals surface area contributed by atoms with Crippen LogP contribution in [0.3, 0.4) is 0 Å². The molecular weight excluding hydrogens is 272 g/mol. The van der Waals surface area contributed by atoms with Crippen LogP contribution in [0, 0.1) is 0 Å². The minimum Gasteiger partial charge on any atom is -0.465 e. The number of nitrogens with two attached hydrogens (primary N) is 1. The van der Waals surface area contributed by atoms with E-state index in [2.05, 4.69) is 4.90 Å². The third-order valence-corrected chi connectivity index (χ3v) is 3.35. The molecule has 0 radical (unpaired) electrons. The molecule has 0 saturated carbocycles. The molecule has 0 amide bonds. The Morgan fingerprint density at radius 3 is 2.29 bits per heavy atom. The van der Waals surface area contributed by atoms with Crippen LogP contribution in [-0.4, -0.2) is 70.1 Å². The van der Waals surface area contributed by atoms with Gasteiger partial charge in [0, 0.05) is 33.9 Å². The van der Waals surface area contributed by atoms with Gasteiger partial charge in [0.2, 0.25) is 0 Å². The molecule has 0 aromatic carbocycles. The zero-order chi connectivity index (χ0) is 16.1. The van der Waals surface area contributed by atoms with Crippen molar-refractivity contribution in [1.29, 1.82) is 0 Å². The Morgan fingerprint density at radius 1 is 1.10 bits per heavy atom. The largest absolute Gasteiger partial charge is 0.465 e. The first kappa shape index (κ1) is 20.3. The highest BCUT2D eigenvalue weighted by atomic mass is 16.5. The molecule has 1 unspecified atom stereocenters. The summed E-state index contributed by atoms with van der Waals surface area (Å²) in [7, 11) is 3.41. The van der Waals surface area contributed by atoms with E-state index >= 15 is 0 Å². The van der Waals surface area contributed by atoms with E-state index in [1.54, 1.807) is 28.1 Å². The minimum atomic E-state index is -0.907. The molecule has 21 heavy (non-hydrogen) atoms.